The van der Waals surface area contributed by atoms with Crippen LogP contribution in [0.4, 0.5) is 5.69 Å². The maximum atomic E-state index is 9.87. The largest absolute Gasteiger partial charge is 0.389 e. The maximum Gasteiger partial charge on any atom is 0.0947 e. The molecule has 0 amide bonds. The van der Waals surface area contributed by atoms with Crippen molar-refractivity contribution in [2.45, 2.75) is 12.6 Å². The SMILES string of the molecule is COCCNCc1cccc(Cl)c1N(C)CC(O)COC. The monoisotopic (exact) mass is 316 g/mol. The molecule has 0 fully saturated rings. The molecule has 0 aliphatic heterocycles. The van der Waals surface area contributed by atoms with Gasteiger partial charge in [-0.05, 0) is 11.6 Å². The van der Waals surface area contributed by atoms with Gasteiger partial charge in [0.05, 0.1) is 30.0 Å². The second-order valence-electron chi connectivity index (χ2n) is 4.91. The van der Waals surface area contributed by atoms with Gasteiger partial charge in [-0.1, -0.05) is 23.7 Å². The number of aliphatic hydroxyl groups excluding tert-OH is 1. The van der Waals surface area contributed by atoms with E-state index in [4.69, 9.17) is 21.1 Å². The summed E-state index contributed by atoms with van der Waals surface area (Å²) in [6.45, 7) is 2.90. The number of nitrogens with one attached hydrogen (secondary N) is 1. The zero-order chi connectivity index (χ0) is 15.7. The first-order valence-corrected chi connectivity index (χ1v) is 7.33. The van der Waals surface area contributed by atoms with E-state index in [1.807, 2.05) is 30.1 Å². The third kappa shape index (κ3) is 6.20. The van der Waals surface area contributed by atoms with Gasteiger partial charge in [0.1, 0.15) is 0 Å². The standard InChI is InChI=1S/C15H25ClN2O3/c1-18(10-13(19)11-21-3)15-12(5-4-6-14(15)16)9-17-7-8-20-2/h4-6,13,17,19H,7-11H2,1-3H3. The lowest BCUT2D eigenvalue weighted by molar-refractivity contribution is 0.0695. The molecule has 21 heavy (non-hydrogen) atoms. The molecule has 0 heterocycles. The minimum atomic E-state index is -0.550. The van der Waals surface area contributed by atoms with Gasteiger partial charge in [-0.2, -0.15) is 0 Å². The van der Waals surface area contributed by atoms with E-state index < -0.39 is 6.10 Å². The lowest BCUT2D eigenvalue weighted by Crippen LogP contribution is -2.33. The van der Waals surface area contributed by atoms with Crippen LogP contribution in [0.15, 0.2) is 18.2 Å². The number of nitrogens with zero attached hydrogens (tertiary/aromatic N) is 1. The molecule has 2 N–H and O–H groups in total. The van der Waals surface area contributed by atoms with Gasteiger partial charge < -0.3 is 24.8 Å². The topological polar surface area (TPSA) is 54.0 Å². The van der Waals surface area contributed by atoms with Crippen molar-refractivity contribution < 1.29 is 14.6 Å². The van der Waals surface area contributed by atoms with Gasteiger partial charge in [0, 0.05) is 40.9 Å². The highest BCUT2D eigenvalue weighted by Crippen LogP contribution is 2.29. The molecule has 0 aliphatic carbocycles. The highest BCUT2D eigenvalue weighted by atomic mass is 35.5. The van der Waals surface area contributed by atoms with E-state index >= 15 is 0 Å². The summed E-state index contributed by atoms with van der Waals surface area (Å²) in [6, 6.07) is 5.81. The molecule has 1 rings (SSSR count). The van der Waals surface area contributed by atoms with Crippen molar-refractivity contribution >= 4 is 17.3 Å². The molecule has 0 aliphatic rings. The normalized spacial score (nSPS) is 12.4. The number of hydrogen-bond acceptors (Lipinski definition) is 5. The van der Waals surface area contributed by atoms with Crippen molar-refractivity contribution in [2.24, 2.45) is 0 Å². The van der Waals surface area contributed by atoms with Crippen molar-refractivity contribution in [3.05, 3.63) is 28.8 Å². The lowest BCUT2D eigenvalue weighted by atomic mass is 10.1. The molecule has 0 bridgehead atoms. The van der Waals surface area contributed by atoms with Crippen LogP contribution in [-0.2, 0) is 16.0 Å². The number of benzene rings is 1. The van der Waals surface area contributed by atoms with Crippen LogP contribution < -0.4 is 10.2 Å². The minimum absolute atomic E-state index is 0.302. The molecular formula is C15H25ClN2O3. The molecule has 1 aromatic rings. The maximum absolute atomic E-state index is 9.87. The summed E-state index contributed by atoms with van der Waals surface area (Å²) in [6.07, 6.45) is -0.550. The molecule has 5 nitrogen and oxygen atoms in total. The van der Waals surface area contributed by atoms with Crippen LogP contribution in [0.3, 0.4) is 0 Å². The molecule has 0 spiro atoms. The molecule has 1 atom stereocenters. The number of halogens is 1. The molecule has 1 unspecified atom stereocenters. The Hall–Kier alpha value is -0.850. The zero-order valence-electron chi connectivity index (χ0n) is 12.9. The predicted molar refractivity (Wildman–Crippen MR) is 86.2 cm³/mol. The first-order chi connectivity index (χ1) is 10.1. The van der Waals surface area contributed by atoms with E-state index in [-0.39, 0.29) is 0 Å². The molecule has 0 saturated carbocycles. The van der Waals surface area contributed by atoms with Crippen molar-refractivity contribution in [3.8, 4) is 0 Å². The van der Waals surface area contributed by atoms with E-state index in [0.29, 0.717) is 31.3 Å². The second kappa shape index (κ2) is 9.97. The smallest absolute Gasteiger partial charge is 0.0947 e. The van der Waals surface area contributed by atoms with Crippen LogP contribution in [0, 0.1) is 0 Å². The summed E-state index contributed by atoms with van der Waals surface area (Å²) in [5.41, 5.74) is 2.02. The van der Waals surface area contributed by atoms with Crippen molar-refractivity contribution in [3.63, 3.8) is 0 Å². The zero-order valence-corrected chi connectivity index (χ0v) is 13.7. The van der Waals surface area contributed by atoms with Crippen LogP contribution in [0.5, 0.6) is 0 Å². The third-order valence-corrected chi connectivity index (χ3v) is 3.40. The number of ether oxygens (including phenoxy) is 2. The first kappa shape index (κ1) is 18.2. The fourth-order valence-corrected chi connectivity index (χ4v) is 2.52. The van der Waals surface area contributed by atoms with Gasteiger partial charge >= 0.3 is 0 Å². The highest BCUT2D eigenvalue weighted by Gasteiger charge is 2.15. The summed E-state index contributed by atoms with van der Waals surface area (Å²) >= 11 is 6.32. The quantitative estimate of drug-likeness (QED) is 0.641. The van der Waals surface area contributed by atoms with E-state index in [9.17, 15) is 5.11 Å². The fourth-order valence-electron chi connectivity index (χ4n) is 2.18. The first-order valence-electron chi connectivity index (χ1n) is 6.95. The Morgan fingerprint density at radius 2 is 2.10 bits per heavy atom. The molecule has 1 aromatic carbocycles. The van der Waals surface area contributed by atoms with Gasteiger partial charge in [-0.3, -0.25) is 0 Å². The van der Waals surface area contributed by atoms with Gasteiger partial charge in [0.2, 0.25) is 0 Å². The third-order valence-electron chi connectivity index (χ3n) is 3.09. The number of para-hydroxylation sites is 1. The minimum Gasteiger partial charge on any atom is -0.389 e. The summed E-state index contributed by atoms with van der Waals surface area (Å²) < 4.78 is 9.97. The Bertz CT molecular complexity index is 418. The number of rotatable bonds is 10. The highest BCUT2D eigenvalue weighted by molar-refractivity contribution is 6.33. The van der Waals surface area contributed by atoms with E-state index in [2.05, 4.69) is 5.32 Å². The second-order valence-corrected chi connectivity index (χ2v) is 5.31. The molecule has 0 saturated heterocycles. The average Bonchev–Trinajstić information content (AvgIpc) is 2.43. The Morgan fingerprint density at radius 3 is 2.76 bits per heavy atom. The van der Waals surface area contributed by atoms with Crippen molar-refractivity contribution in [1.82, 2.24) is 5.32 Å². The number of aliphatic hydroxyl groups is 1. The van der Waals surface area contributed by atoms with Crippen LogP contribution in [-0.4, -0.2) is 58.8 Å². The fraction of sp³-hybridized carbons (Fsp3) is 0.600. The average molecular weight is 317 g/mol. The van der Waals surface area contributed by atoms with Gasteiger partial charge in [0.25, 0.3) is 0 Å². The summed E-state index contributed by atoms with van der Waals surface area (Å²) in [7, 11) is 5.17. The van der Waals surface area contributed by atoms with Gasteiger partial charge in [-0.15, -0.1) is 0 Å². The van der Waals surface area contributed by atoms with Crippen LogP contribution in [0.25, 0.3) is 0 Å². The van der Waals surface area contributed by atoms with Crippen molar-refractivity contribution in [1.29, 1.82) is 0 Å². The Labute approximate surface area is 131 Å². The Kier molecular flexibility index (Phi) is 8.64. The van der Waals surface area contributed by atoms with Crippen molar-refractivity contribution in [2.75, 3.05) is 52.5 Å². The number of anilines is 1. The van der Waals surface area contributed by atoms with Gasteiger partial charge in [0.15, 0.2) is 0 Å². The number of methoxy groups -OCH3 is 2. The summed E-state index contributed by atoms with van der Waals surface area (Å²) in [4.78, 5) is 1.96. The molecule has 120 valence electrons. The van der Waals surface area contributed by atoms with E-state index in [1.54, 1.807) is 14.2 Å². The number of likely N-dealkylation sites (N-methyl/N-ethyl adjacent to an activating group) is 1. The molecule has 0 aromatic heterocycles. The molecule has 0 radical (unpaired) electrons. The summed E-state index contributed by atoms with van der Waals surface area (Å²) in [5, 5.41) is 13.8. The Morgan fingerprint density at radius 1 is 1.33 bits per heavy atom. The summed E-state index contributed by atoms with van der Waals surface area (Å²) in [5.74, 6) is 0. The van der Waals surface area contributed by atoms with E-state index in [0.717, 1.165) is 17.8 Å². The molecule has 6 heteroatoms. The van der Waals surface area contributed by atoms with Crippen LogP contribution in [0.2, 0.25) is 5.02 Å². The lowest BCUT2D eigenvalue weighted by Gasteiger charge is -2.26. The van der Waals surface area contributed by atoms with Crippen LogP contribution >= 0.6 is 11.6 Å². The van der Waals surface area contributed by atoms with E-state index in [1.165, 1.54) is 0 Å². The Balaban J connectivity index is 2.74. The predicted octanol–water partition coefficient (Wildman–Crippen LogP) is 1.52. The molecular weight excluding hydrogens is 292 g/mol. The van der Waals surface area contributed by atoms with Gasteiger partial charge in [-0.25, -0.2) is 0 Å². The van der Waals surface area contributed by atoms with Crippen LogP contribution in [0.1, 0.15) is 5.56 Å². The number of hydrogen-bond donors (Lipinski definition) is 2.